The maximum Gasteiger partial charge on any atom is 0.496 e. The fourth-order valence-corrected chi connectivity index (χ4v) is 2.58. The van der Waals surface area contributed by atoms with Gasteiger partial charge in [0.1, 0.15) is 10.7 Å². The zero-order valence-electron chi connectivity index (χ0n) is 11.6. The van der Waals surface area contributed by atoms with Gasteiger partial charge >= 0.3 is 17.3 Å². The van der Waals surface area contributed by atoms with Crippen LogP contribution in [0.15, 0.2) is 23.1 Å². The third-order valence-corrected chi connectivity index (χ3v) is 4.62. The van der Waals surface area contributed by atoms with Gasteiger partial charge in [-0.15, -0.1) is 3.89 Å². The minimum atomic E-state index is -5.07. The molecule has 1 aliphatic rings. The van der Waals surface area contributed by atoms with Crippen molar-refractivity contribution >= 4 is 22.8 Å². The Morgan fingerprint density at radius 2 is 1.60 bits per heavy atom. The lowest BCUT2D eigenvalue weighted by atomic mass is 9.79. The number of hydrogen-bond acceptors (Lipinski definition) is 4. The molecule has 0 amide bonds. The second kappa shape index (κ2) is 4.51. The Labute approximate surface area is 117 Å². The third-order valence-electron chi connectivity index (χ3n) is 3.75. The zero-order valence-corrected chi connectivity index (χ0v) is 12.4. The van der Waals surface area contributed by atoms with Crippen LogP contribution in [0.3, 0.4) is 0 Å². The van der Waals surface area contributed by atoms with E-state index in [1.54, 1.807) is 27.7 Å². The van der Waals surface area contributed by atoms with Crippen LogP contribution in [0.25, 0.3) is 0 Å². The van der Waals surface area contributed by atoms with Gasteiger partial charge in [-0.3, -0.25) is 0 Å². The summed E-state index contributed by atoms with van der Waals surface area (Å²) in [7, 11) is -6.14. The molecule has 1 aromatic rings. The van der Waals surface area contributed by atoms with E-state index in [0.29, 0.717) is 6.07 Å². The maximum absolute atomic E-state index is 13.3. The molecule has 1 aromatic carbocycles. The molecule has 1 heterocycles. The molecule has 0 aromatic heterocycles. The van der Waals surface area contributed by atoms with Crippen LogP contribution in [0, 0.1) is 5.82 Å². The molecule has 20 heavy (non-hydrogen) atoms. The van der Waals surface area contributed by atoms with E-state index in [9.17, 15) is 16.7 Å². The number of halogens is 2. The second-order valence-electron chi connectivity index (χ2n) is 5.71. The molecule has 4 nitrogen and oxygen atoms in total. The normalized spacial score (nSPS) is 21.2. The Morgan fingerprint density at radius 1 is 1.10 bits per heavy atom. The van der Waals surface area contributed by atoms with Gasteiger partial charge in [0.15, 0.2) is 0 Å². The van der Waals surface area contributed by atoms with Crippen LogP contribution in [0.2, 0.25) is 0 Å². The van der Waals surface area contributed by atoms with E-state index < -0.39 is 39.3 Å². The van der Waals surface area contributed by atoms with Crippen LogP contribution in [0.1, 0.15) is 27.7 Å². The van der Waals surface area contributed by atoms with Crippen molar-refractivity contribution in [1.29, 1.82) is 0 Å². The molecule has 1 aliphatic heterocycles. The van der Waals surface area contributed by atoms with Crippen LogP contribution in [-0.4, -0.2) is 26.7 Å². The summed E-state index contributed by atoms with van der Waals surface area (Å²) >= 11 is 0. The van der Waals surface area contributed by atoms with E-state index in [2.05, 4.69) is 0 Å². The Kier molecular flexibility index (Phi) is 3.47. The highest BCUT2D eigenvalue weighted by molar-refractivity contribution is 7.86. The van der Waals surface area contributed by atoms with E-state index in [1.807, 2.05) is 0 Å². The first-order valence-electron chi connectivity index (χ1n) is 6.04. The molecule has 0 unspecified atom stereocenters. The first kappa shape index (κ1) is 15.4. The van der Waals surface area contributed by atoms with Crippen molar-refractivity contribution in [2.75, 3.05) is 0 Å². The molecule has 1 fully saturated rings. The molecule has 2 rings (SSSR count). The van der Waals surface area contributed by atoms with Crippen molar-refractivity contribution in [3.63, 3.8) is 0 Å². The van der Waals surface area contributed by atoms with Gasteiger partial charge in [0, 0.05) is 5.46 Å². The molecule has 0 aliphatic carbocycles. The minimum absolute atomic E-state index is 0.0486. The van der Waals surface area contributed by atoms with Crippen molar-refractivity contribution in [3.8, 4) is 0 Å². The number of rotatable bonds is 2. The molecule has 1 saturated heterocycles. The molecule has 0 N–H and O–H groups in total. The van der Waals surface area contributed by atoms with Gasteiger partial charge in [-0.25, -0.2) is 4.39 Å². The predicted octanol–water partition coefficient (Wildman–Crippen LogP) is 1.78. The largest absolute Gasteiger partial charge is 0.496 e. The Hall–Kier alpha value is -0.985. The third kappa shape index (κ3) is 2.59. The van der Waals surface area contributed by atoms with Gasteiger partial charge in [-0.2, -0.15) is 8.42 Å². The van der Waals surface area contributed by atoms with Gasteiger partial charge in [-0.05, 0) is 39.8 Å². The van der Waals surface area contributed by atoms with E-state index in [4.69, 9.17) is 9.31 Å². The highest BCUT2D eigenvalue weighted by atomic mass is 32.3. The van der Waals surface area contributed by atoms with E-state index >= 15 is 0 Å². The Morgan fingerprint density at radius 3 is 2.05 bits per heavy atom. The van der Waals surface area contributed by atoms with Gasteiger partial charge in [0.2, 0.25) is 0 Å². The predicted molar refractivity (Wildman–Crippen MR) is 70.4 cm³/mol. The first-order valence-corrected chi connectivity index (χ1v) is 7.42. The first-order chi connectivity index (χ1) is 8.94. The standard InChI is InChI=1S/C12H15BF2O4S/c1-11(2)12(3,4)19-13(18-11)9-6-5-8(14)7-10(9)20(15,16)17/h5-7H,1-4H3. The van der Waals surface area contributed by atoms with Crippen molar-refractivity contribution in [3.05, 3.63) is 24.0 Å². The van der Waals surface area contributed by atoms with Gasteiger partial charge in [0.05, 0.1) is 11.2 Å². The lowest BCUT2D eigenvalue weighted by Gasteiger charge is -2.32. The van der Waals surface area contributed by atoms with E-state index in [0.717, 1.165) is 12.1 Å². The highest BCUT2D eigenvalue weighted by Gasteiger charge is 2.52. The summed E-state index contributed by atoms with van der Waals surface area (Å²) in [5.41, 5.74) is -1.46. The summed E-state index contributed by atoms with van der Waals surface area (Å²) < 4.78 is 60.0. The quantitative estimate of drug-likeness (QED) is 0.617. The molecule has 110 valence electrons. The SMILES string of the molecule is CC1(C)OB(c2ccc(F)cc2S(=O)(=O)F)OC1(C)C. The molecule has 8 heteroatoms. The monoisotopic (exact) mass is 304 g/mol. The fraction of sp³-hybridized carbons (Fsp3) is 0.500. The van der Waals surface area contributed by atoms with Crippen molar-refractivity contribution in [2.45, 2.75) is 43.8 Å². The lowest BCUT2D eigenvalue weighted by Crippen LogP contribution is -2.41. The Bertz CT molecular complexity index is 627. The molecular weight excluding hydrogens is 289 g/mol. The molecule has 0 atom stereocenters. The average Bonchev–Trinajstić information content (AvgIpc) is 2.46. The van der Waals surface area contributed by atoms with Crippen molar-refractivity contribution < 1.29 is 26.0 Å². The molecule has 0 bridgehead atoms. The second-order valence-corrected chi connectivity index (χ2v) is 7.02. The van der Waals surface area contributed by atoms with E-state index in [1.165, 1.54) is 0 Å². The van der Waals surface area contributed by atoms with Gasteiger partial charge < -0.3 is 9.31 Å². The molecule has 0 spiro atoms. The lowest BCUT2D eigenvalue weighted by molar-refractivity contribution is 0.00578. The fourth-order valence-electron chi connectivity index (χ4n) is 1.88. The zero-order chi connectivity index (χ0) is 15.3. The smallest absolute Gasteiger partial charge is 0.399 e. The molecule has 0 saturated carbocycles. The summed E-state index contributed by atoms with van der Waals surface area (Å²) in [6.45, 7) is 7.11. The van der Waals surface area contributed by atoms with Crippen LogP contribution >= 0.6 is 0 Å². The van der Waals surface area contributed by atoms with Gasteiger partial charge in [0.25, 0.3) is 0 Å². The van der Waals surface area contributed by atoms with Crippen molar-refractivity contribution in [1.82, 2.24) is 0 Å². The summed E-state index contributed by atoms with van der Waals surface area (Å²) in [5.74, 6) is -0.846. The molecule has 0 radical (unpaired) electrons. The van der Waals surface area contributed by atoms with E-state index in [-0.39, 0.29) is 5.46 Å². The highest BCUT2D eigenvalue weighted by Crippen LogP contribution is 2.37. The van der Waals surface area contributed by atoms with Crippen LogP contribution in [0.5, 0.6) is 0 Å². The minimum Gasteiger partial charge on any atom is -0.399 e. The Balaban J connectivity index is 2.51. The molecular formula is C12H15BF2O4S. The van der Waals surface area contributed by atoms with Gasteiger partial charge in [-0.1, -0.05) is 6.07 Å². The summed E-state index contributed by atoms with van der Waals surface area (Å²) in [5, 5.41) is 0. The number of hydrogen-bond donors (Lipinski definition) is 0. The average molecular weight is 304 g/mol. The topological polar surface area (TPSA) is 52.6 Å². The van der Waals surface area contributed by atoms with Crippen LogP contribution < -0.4 is 5.46 Å². The van der Waals surface area contributed by atoms with Crippen LogP contribution in [0.4, 0.5) is 8.28 Å². The van der Waals surface area contributed by atoms with Crippen LogP contribution in [-0.2, 0) is 19.5 Å². The summed E-state index contributed by atoms with van der Waals surface area (Å²) in [6, 6.07) is 2.81. The summed E-state index contributed by atoms with van der Waals surface area (Å²) in [4.78, 5) is -0.768. The van der Waals surface area contributed by atoms with Crippen molar-refractivity contribution in [2.24, 2.45) is 0 Å². The maximum atomic E-state index is 13.3. The summed E-state index contributed by atoms with van der Waals surface area (Å²) in [6.07, 6.45) is 0. The number of benzene rings is 1.